The molecule has 90 valence electrons. The van der Waals surface area contributed by atoms with Gasteiger partial charge in [0.1, 0.15) is 0 Å². The minimum absolute atomic E-state index is 0.0591. The van der Waals surface area contributed by atoms with Crippen LogP contribution in [0.1, 0.15) is 32.9 Å². The molecule has 1 amide bonds. The van der Waals surface area contributed by atoms with E-state index in [1.54, 1.807) is 6.92 Å². The summed E-state index contributed by atoms with van der Waals surface area (Å²) in [6.07, 6.45) is 4.32. The number of hydrogen-bond donors (Lipinski definition) is 1. The number of carbonyl (C=O) groups is 1. The molecule has 1 heterocycles. The molecule has 3 heteroatoms. The second-order valence-electron chi connectivity index (χ2n) is 4.37. The summed E-state index contributed by atoms with van der Waals surface area (Å²) in [6, 6.07) is 4.27. The quantitative estimate of drug-likeness (QED) is 0.786. The predicted octanol–water partition coefficient (Wildman–Crippen LogP) is 2.21. The monoisotopic (exact) mass is 222 g/mol. The maximum Gasteiger partial charge on any atom is 0.216 e. The Balaban J connectivity index is 2.31. The highest BCUT2D eigenvalue weighted by molar-refractivity contribution is 5.72. The number of hydrogen-bond acceptors (Lipinski definition) is 1. The smallest absolute Gasteiger partial charge is 0.216 e. The Hall–Kier alpha value is -1.25. The Morgan fingerprint density at radius 2 is 2.31 bits per heavy atom. The summed E-state index contributed by atoms with van der Waals surface area (Å²) in [4.78, 5) is 10.8. The molecular weight excluding hydrogens is 200 g/mol. The van der Waals surface area contributed by atoms with Crippen molar-refractivity contribution in [3.8, 4) is 0 Å². The highest BCUT2D eigenvalue weighted by atomic mass is 16.1. The third kappa shape index (κ3) is 4.09. The lowest BCUT2D eigenvalue weighted by atomic mass is 10.0. The van der Waals surface area contributed by atoms with Crippen molar-refractivity contribution in [2.24, 2.45) is 5.92 Å². The molecule has 1 N–H and O–H groups in total. The van der Waals surface area contributed by atoms with Crippen LogP contribution in [0.5, 0.6) is 0 Å². The summed E-state index contributed by atoms with van der Waals surface area (Å²) < 4.78 is 2.27. The van der Waals surface area contributed by atoms with Gasteiger partial charge in [-0.25, -0.2) is 0 Å². The molecular formula is C13H22N2O. The SMILES string of the molecule is CCn1cccc1CCC(C)CNC(C)=O. The number of nitrogens with zero attached hydrogens (tertiary/aromatic N) is 1. The molecule has 0 saturated carbocycles. The van der Waals surface area contributed by atoms with E-state index < -0.39 is 0 Å². The predicted molar refractivity (Wildman–Crippen MR) is 66.3 cm³/mol. The van der Waals surface area contributed by atoms with E-state index in [9.17, 15) is 4.79 Å². The lowest BCUT2D eigenvalue weighted by Crippen LogP contribution is -2.26. The van der Waals surface area contributed by atoms with Gasteiger partial charge in [0.05, 0.1) is 0 Å². The molecule has 0 saturated heterocycles. The van der Waals surface area contributed by atoms with Crippen molar-refractivity contribution in [2.45, 2.75) is 40.2 Å². The number of nitrogens with one attached hydrogen (secondary N) is 1. The van der Waals surface area contributed by atoms with Gasteiger partial charge in [-0.05, 0) is 37.8 Å². The first-order valence-corrected chi connectivity index (χ1v) is 6.02. The standard InChI is InChI=1S/C13H22N2O/c1-4-15-9-5-6-13(15)8-7-11(2)10-14-12(3)16/h5-6,9,11H,4,7-8,10H2,1-3H3,(H,14,16). The van der Waals surface area contributed by atoms with Gasteiger partial charge in [-0.1, -0.05) is 6.92 Å². The normalized spacial score (nSPS) is 12.4. The van der Waals surface area contributed by atoms with E-state index >= 15 is 0 Å². The summed E-state index contributed by atoms with van der Waals surface area (Å²) in [6.45, 7) is 7.71. The summed E-state index contributed by atoms with van der Waals surface area (Å²) in [5.41, 5.74) is 1.39. The van der Waals surface area contributed by atoms with E-state index in [0.717, 1.165) is 25.9 Å². The van der Waals surface area contributed by atoms with Crippen LogP contribution in [-0.2, 0) is 17.8 Å². The van der Waals surface area contributed by atoms with Crippen LogP contribution < -0.4 is 5.32 Å². The average molecular weight is 222 g/mol. The van der Waals surface area contributed by atoms with Crippen molar-refractivity contribution in [3.05, 3.63) is 24.0 Å². The average Bonchev–Trinajstić information content (AvgIpc) is 2.70. The fourth-order valence-electron chi connectivity index (χ4n) is 1.80. The van der Waals surface area contributed by atoms with Gasteiger partial charge < -0.3 is 9.88 Å². The van der Waals surface area contributed by atoms with Crippen molar-refractivity contribution in [2.75, 3.05) is 6.54 Å². The Morgan fingerprint density at radius 1 is 1.56 bits per heavy atom. The van der Waals surface area contributed by atoms with Gasteiger partial charge in [0.25, 0.3) is 0 Å². The van der Waals surface area contributed by atoms with Crippen molar-refractivity contribution in [1.82, 2.24) is 9.88 Å². The molecule has 1 aromatic rings. The number of aryl methyl sites for hydroxylation is 2. The molecule has 1 unspecified atom stereocenters. The third-order valence-corrected chi connectivity index (χ3v) is 2.86. The Kier molecular flexibility index (Phi) is 5.09. The third-order valence-electron chi connectivity index (χ3n) is 2.86. The highest BCUT2D eigenvalue weighted by Crippen LogP contribution is 2.10. The number of amides is 1. The maximum atomic E-state index is 10.8. The van der Waals surface area contributed by atoms with E-state index in [1.165, 1.54) is 5.69 Å². The fourth-order valence-corrected chi connectivity index (χ4v) is 1.80. The van der Waals surface area contributed by atoms with Crippen LogP contribution in [0, 0.1) is 5.92 Å². The van der Waals surface area contributed by atoms with Crippen LogP contribution in [0.2, 0.25) is 0 Å². The minimum Gasteiger partial charge on any atom is -0.356 e. The number of aromatic nitrogens is 1. The fraction of sp³-hybridized carbons (Fsp3) is 0.615. The molecule has 0 aromatic carbocycles. The lowest BCUT2D eigenvalue weighted by Gasteiger charge is -2.12. The van der Waals surface area contributed by atoms with Crippen molar-refractivity contribution in [1.29, 1.82) is 0 Å². The Bertz CT molecular complexity index is 330. The van der Waals surface area contributed by atoms with Gasteiger partial charge in [0.2, 0.25) is 5.91 Å². The molecule has 0 aliphatic heterocycles. The summed E-state index contributed by atoms with van der Waals surface area (Å²) in [5, 5.41) is 2.86. The van der Waals surface area contributed by atoms with Crippen molar-refractivity contribution < 1.29 is 4.79 Å². The largest absolute Gasteiger partial charge is 0.356 e. The van der Waals surface area contributed by atoms with Gasteiger partial charge in [-0.2, -0.15) is 0 Å². The Labute approximate surface area is 97.8 Å². The first-order valence-electron chi connectivity index (χ1n) is 6.02. The Morgan fingerprint density at radius 3 is 2.94 bits per heavy atom. The second kappa shape index (κ2) is 6.36. The molecule has 3 nitrogen and oxygen atoms in total. The van der Waals surface area contributed by atoms with E-state index in [1.807, 2.05) is 0 Å². The van der Waals surface area contributed by atoms with Crippen LogP contribution in [0.3, 0.4) is 0 Å². The number of carbonyl (C=O) groups excluding carboxylic acids is 1. The molecule has 0 aliphatic carbocycles. The highest BCUT2D eigenvalue weighted by Gasteiger charge is 2.05. The zero-order valence-corrected chi connectivity index (χ0v) is 10.5. The molecule has 0 bridgehead atoms. The van der Waals surface area contributed by atoms with Crippen LogP contribution >= 0.6 is 0 Å². The van der Waals surface area contributed by atoms with Gasteiger partial charge in [0.15, 0.2) is 0 Å². The molecule has 0 fully saturated rings. The van der Waals surface area contributed by atoms with Crippen LogP contribution in [0.15, 0.2) is 18.3 Å². The first kappa shape index (κ1) is 12.8. The molecule has 1 atom stereocenters. The first-order chi connectivity index (χ1) is 7.63. The molecule has 16 heavy (non-hydrogen) atoms. The van der Waals surface area contributed by atoms with E-state index in [2.05, 4.69) is 42.1 Å². The van der Waals surface area contributed by atoms with E-state index in [0.29, 0.717) is 5.92 Å². The van der Waals surface area contributed by atoms with Crippen molar-refractivity contribution >= 4 is 5.91 Å². The minimum atomic E-state index is 0.0591. The zero-order chi connectivity index (χ0) is 12.0. The maximum absolute atomic E-state index is 10.8. The van der Waals surface area contributed by atoms with Gasteiger partial charge >= 0.3 is 0 Å². The molecule has 0 aliphatic rings. The van der Waals surface area contributed by atoms with E-state index in [-0.39, 0.29) is 5.91 Å². The lowest BCUT2D eigenvalue weighted by molar-refractivity contribution is -0.119. The van der Waals surface area contributed by atoms with Crippen LogP contribution in [-0.4, -0.2) is 17.0 Å². The summed E-state index contributed by atoms with van der Waals surface area (Å²) in [5.74, 6) is 0.591. The zero-order valence-electron chi connectivity index (χ0n) is 10.5. The van der Waals surface area contributed by atoms with Gasteiger partial charge in [-0.3, -0.25) is 4.79 Å². The summed E-state index contributed by atoms with van der Waals surface area (Å²) >= 11 is 0. The second-order valence-corrected chi connectivity index (χ2v) is 4.37. The van der Waals surface area contributed by atoms with Crippen molar-refractivity contribution in [3.63, 3.8) is 0 Å². The number of rotatable bonds is 6. The molecule has 1 rings (SSSR count). The summed E-state index contributed by atoms with van der Waals surface area (Å²) in [7, 11) is 0. The van der Waals surface area contributed by atoms with Gasteiger partial charge in [0, 0.05) is 31.9 Å². The molecule has 0 spiro atoms. The van der Waals surface area contributed by atoms with E-state index in [4.69, 9.17) is 0 Å². The molecule has 1 aromatic heterocycles. The van der Waals surface area contributed by atoms with Crippen LogP contribution in [0.4, 0.5) is 0 Å². The van der Waals surface area contributed by atoms with Crippen LogP contribution in [0.25, 0.3) is 0 Å². The van der Waals surface area contributed by atoms with Gasteiger partial charge in [-0.15, -0.1) is 0 Å². The topological polar surface area (TPSA) is 34.0 Å². The molecule has 0 radical (unpaired) electrons.